The first-order valence-electron chi connectivity index (χ1n) is 7.99. The Morgan fingerprint density at radius 3 is 1.75 bits per heavy atom. The van der Waals surface area contributed by atoms with Crippen LogP contribution in [0.25, 0.3) is 0 Å². The summed E-state index contributed by atoms with van der Waals surface area (Å²) in [5.74, 6) is 0. The Balaban J connectivity index is 2.89. The van der Waals surface area contributed by atoms with E-state index in [1.165, 1.54) is 31.7 Å². The Bertz CT molecular complexity index is 152. The summed E-state index contributed by atoms with van der Waals surface area (Å²) in [6.07, 6.45) is 6.17. The lowest BCUT2D eigenvalue weighted by Gasteiger charge is -2.07. The van der Waals surface area contributed by atoms with E-state index < -0.39 is 0 Å². The van der Waals surface area contributed by atoms with Crippen LogP contribution in [-0.2, 0) is 18.6 Å². The minimum atomic E-state index is 0.626. The zero-order valence-electron chi connectivity index (χ0n) is 13.3. The lowest BCUT2D eigenvalue weighted by molar-refractivity contribution is 0.00908. The third kappa shape index (κ3) is 18.1. The highest BCUT2D eigenvalue weighted by Crippen LogP contribution is 1.98. The van der Waals surface area contributed by atoms with Crippen LogP contribution in [0.4, 0.5) is 0 Å². The van der Waals surface area contributed by atoms with Gasteiger partial charge in [-0.1, -0.05) is 39.5 Å². The number of ether oxygens (including phenoxy) is 3. The monoisotopic (exact) mass is 304 g/mol. The van der Waals surface area contributed by atoms with Crippen molar-refractivity contribution in [1.82, 2.24) is 0 Å². The Kier molecular flexibility index (Phi) is 19.1. The van der Waals surface area contributed by atoms with Gasteiger partial charge in [0, 0.05) is 6.61 Å². The van der Waals surface area contributed by atoms with Gasteiger partial charge in [-0.25, -0.2) is 0 Å². The molecular formula is C15H32O4Si. The Morgan fingerprint density at radius 1 is 0.600 bits per heavy atom. The van der Waals surface area contributed by atoms with Crippen LogP contribution in [0.2, 0.25) is 6.04 Å². The smallest absolute Gasteiger partial charge is 0.229 e. The second-order valence-electron chi connectivity index (χ2n) is 4.64. The summed E-state index contributed by atoms with van der Waals surface area (Å²) < 4.78 is 21.7. The Hall–Kier alpha value is 0.0569. The minimum absolute atomic E-state index is 0.626. The molecule has 0 rings (SSSR count). The number of unbranched alkanes of at least 4 members (excludes halogenated alkanes) is 3. The molecule has 4 nitrogen and oxygen atoms in total. The molecule has 0 saturated carbocycles. The van der Waals surface area contributed by atoms with Crippen molar-refractivity contribution in [3.05, 3.63) is 0 Å². The molecule has 0 saturated heterocycles. The quantitative estimate of drug-likeness (QED) is 0.306. The van der Waals surface area contributed by atoms with Crippen LogP contribution in [0, 0.1) is 0 Å². The molecule has 0 unspecified atom stereocenters. The van der Waals surface area contributed by atoms with Gasteiger partial charge in [0.2, 0.25) is 9.76 Å². The summed E-state index contributed by atoms with van der Waals surface area (Å²) in [6, 6.07) is 1.19. The number of hydrogen-bond donors (Lipinski definition) is 0. The second-order valence-corrected chi connectivity index (χ2v) is 5.72. The van der Waals surface area contributed by atoms with E-state index in [-0.39, 0.29) is 0 Å². The third-order valence-corrected chi connectivity index (χ3v) is 3.67. The van der Waals surface area contributed by atoms with Crippen LogP contribution in [-0.4, -0.2) is 56.0 Å². The molecule has 0 aliphatic heterocycles. The minimum Gasteiger partial charge on any atom is -0.415 e. The molecule has 0 N–H and O–H groups in total. The predicted octanol–water partition coefficient (Wildman–Crippen LogP) is 3.08. The molecule has 0 spiro atoms. The van der Waals surface area contributed by atoms with E-state index in [2.05, 4.69) is 13.8 Å². The van der Waals surface area contributed by atoms with E-state index in [1.54, 1.807) is 0 Å². The van der Waals surface area contributed by atoms with Crippen LogP contribution >= 0.6 is 0 Å². The first kappa shape index (κ1) is 20.1. The molecule has 0 fully saturated rings. The van der Waals surface area contributed by atoms with Crippen molar-refractivity contribution < 1.29 is 18.6 Å². The van der Waals surface area contributed by atoms with Gasteiger partial charge in [0.1, 0.15) is 0 Å². The van der Waals surface area contributed by atoms with E-state index in [0.29, 0.717) is 49.4 Å². The summed E-state index contributed by atoms with van der Waals surface area (Å²) in [5.41, 5.74) is 0. The maximum Gasteiger partial charge on any atom is 0.229 e. The first-order chi connectivity index (χ1) is 9.91. The standard InChI is InChI=1S/C15H32O4Si/c1-3-5-7-15-20-19-14-13-18-12-11-17-10-9-16-8-6-4-2/h3-15H2,1-2H3. The molecule has 0 aliphatic carbocycles. The molecule has 0 amide bonds. The molecule has 0 aromatic heterocycles. The van der Waals surface area contributed by atoms with Crippen molar-refractivity contribution in [3.63, 3.8) is 0 Å². The highest BCUT2D eigenvalue weighted by molar-refractivity contribution is 6.26. The van der Waals surface area contributed by atoms with Crippen LogP contribution < -0.4 is 0 Å². The summed E-state index contributed by atoms with van der Waals surface area (Å²) in [4.78, 5) is 0. The molecule has 0 heterocycles. The SMILES string of the molecule is CCCCC[Si]OCCOCCOCCOCCCC. The molecule has 0 aliphatic rings. The summed E-state index contributed by atoms with van der Waals surface area (Å²) in [6.45, 7) is 9.19. The van der Waals surface area contributed by atoms with Gasteiger partial charge in [-0.15, -0.1) is 0 Å². The number of rotatable bonds is 17. The third-order valence-electron chi connectivity index (χ3n) is 2.70. The van der Waals surface area contributed by atoms with Gasteiger partial charge >= 0.3 is 0 Å². The van der Waals surface area contributed by atoms with Gasteiger partial charge in [-0.3, -0.25) is 0 Å². The van der Waals surface area contributed by atoms with Gasteiger partial charge in [-0.2, -0.15) is 0 Å². The summed E-state index contributed by atoms with van der Waals surface area (Å²) in [5, 5.41) is 0. The molecule has 0 aromatic carbocycles. The van der Waals surface area contributed by atoms with Crippen molar-refractivity contribution in [1.29, 1.82) is 0 Å². The molecule has 0 atom stereocenters. The van der Waals surface area contributed by atoms with Gasteiger partial charge in [-0.05, 0) is 12.5 Å². The fourth-order valence-electron chi connectivity index (χ4n) is 1.48. The largest absolute Gasteiger partial charge is 0.415 e. The fourth-order valence-corrected chi connectivity index (χ4v) is 2.25. The van der Waals surface area contributed by atoms with E-state index in [4.69, 9.17) is 18.6 Å². The van der Waals surface area contributed by atoms with Gasteiger partial charge in [0.15, 0.2) is 0 Å². The van der Waals surface area contributed by atoms with Gasteiger partial charge < -0.3 is 18.6 Å². The highest BCUT2D eigenvalue weighted by atomic mass is 28.2. The Labute approximate surface area is 127 Å². The van der Waals surface area contributed by atoms with Crippen LogP contribution in [0.1, 0.15) is 46.0 Å². The lowest BCUT2D eigenvalue weighted by Crippen LogP contribution is -2.12. The average molecular weight is 305 g/mol. The molecule has 0 aromatic rings. The maximum atomic E-state index is 5.50. The summed E-state index contributed by atoms with van der Waals surface area (Å²) >= 11 is 0. The zero-order chi connectivity index (χ0) is 14.7. The average Bonchev–Trinajstić information content (AvgIpc) is 2.47. The topological polar surface area (TPSA) is 36.9 Å². The van der Waals surface area contributed by atoms with Crippen molar-refractivity contribution in [2.75, 3.05) is 46.2 Å². The van der Waals surface area contributed by atoms with Crippen LogP contribution in [0.3, 0.4) is 0 Å². The maximum absolute atomic E-state index is 5.50. The molecule has 120 valence electrons. The fraction of sp³-hybridized carbons (Fsp3) is 1.00. The normalized spacial score (nSPS) is 11.1. The summed E-state index contributed by atoms with van der Waals surface area (Å²) in [7, 11) is 0.626. The van der Waals surface area contributed by atoms with E-state index >= 15 is 0 Å². The van der Waals surface area contributed by atoms with Crippen molar-refractivity contribution in [3.8, 4) is 0 Å². The lowest BCUT2D eigenvalue weighted by atomic mass is 10.3. The zero-order valence-corrected chi connectivity index (χ0v) is 14.3. The second kappa shape index (κ2) is 19.1. The molecular weight excluding hydrogens is 272 g/mol. The van der Waals surface area contributed by atoms with Gasteiger partial charge in [0.05, 0.1) is 39.6 Å². The first-order valence-corrected chi connectivity index (χ1v) is 9.11. The molecule has 5 heteroatoms. The molecule has 20 heavy (non-hydrogen) atoms. The highest BCUT2D eigenvalue weighted by Gasteiger charge is 1.94. The van der Waals surface area contributed by atoms with E-state index in [0.717, 1.165) is 13.0 Å². The molecule has 0 bridgehead atoms. The van der Waals surface area contributed by atoms with Crippen LogP contribution in [0.5, 0.6) is 0 Å². The van der Waals surface area contributed by atoms with Gasteiger partial charge in [0.25, 0.3) is 0 Å². The molecule has 2 radical (unpaired) electrons. The van der Waals surface area contributed by atoms with Crippen molar-refractivity contribution in [2.45, 2.75) is 52.0 Å². The van der Waals surface area contributed by atoms with Crippen molar-refractivity contribution in [2.24, 2.45) is 0 Å². The van der Waals surface area contributed by atoms with E-state index in [1.807, 2.05) is 0 Å². The predicted molar refractivity (Wildman–Crippen MR) is 83.4 cm³/mol. The van der Waals surface area contributed by atoms with E-state index in [9.17, 15) is 0 Å². The van der Waals surface area contributed by atoms with Crippen LogP contribution in [0.15, 0.2) is 0 Å². The number of hydrogen-bond acceptors (Lipinski definition) is 4. The Morgan fingerprint density at radius 2 is 1.15 bits per heavy atom. The van der Waals surface area contributed by atoms with Crippen molar-refractivity contribution >= 4 is 9.76 Å².